The Bertz CT molecular complexity index is 593. The number of benzene rings is 1. The van der Waals surface area contributed by atoms with Crippen LogP contribution in [0.15, 0.2) is 30.5 Å². The van der Waals surface area contributed by atoms with Crippen LogP contribution in [-0.4, -0.2) is 24.0 Å². The van der Waals surface area contributed by atoms with E-state index in [4.69, 9.17) is 10.5 Å². The SMILES string of the molecule is CC(C)c1ncc(C(=O)Nc2ccc(OCCN)cc2)s1. The maximum atomic E-state index is 12.1. The van der Waals surface area contributed by atoms with E-state index in [0.29, 0.717) is 23.9 Å². The second-order valence-electron chi connectivity index (χ2n) is 4.83. The first-order valence-electron chi connectivity index (χ1n) is 6.80. The van der Waals surface area contributed by atoms with Crippen molar-refractivity contribution in [2.45, 2.75) is 19.8 Å². The predicted octanol–water partition coefficient (Wildman–Crippen LogP) is 2.86. The molecule has 1 aromatic carbocycles. The normalized spacial score (nSPS) is 10.7. The minimum Gasteiger partial charge on any atom is -0.492 e. The number of rotatable bonds is 6. The van der Waals surface area contributed by atoms with Gasteiger partial charge in [0.2, 0.25) is 0 Å². The van der Waals surface area contributed by atoms with E-state index in [0.717, 1.165) is 16.4 Å². The third kappa shape index (κ3) is 4.27. The van der Waals surface area contributed by atoms with Gasteiger partial charge in [0.25, 0.3) is 5.91 Å². The van der Waals surface area contributed by atoms with Gasteiger partial charge in [-0.2, -0.15) is 0 Å². The van der Waals surface area contributed by atoms with Gasteiger partial charge in [0, 0.05) is 18.2 Å². The molecule has 0 radical (unpaired) electrons. The number of carbonyl (C=O) groups excluding carboxylic acids is 1. The lowest BCUT2D eigenvalue weighted by molar-refractivity contribution is 0.103. The zero-order valence-electron chi connectivity index (χ0n) is 12.1. The van der Waals surface area contributed by atoms with E-state index in [1.807, 2.05) is 0 Å². The summed E-state index contributed by atoms with van der Waals surface area (Å²) in [7, 11) is 0. The number of nitrogens with two attached hydrogens (primary N) is 1. The minimum absolute atomic E-state index is 0.143. The van der Waals surface area contributed by atoms with Gasteiger partial charge in [0.1, 0.15) is 17.2 Å². The van der Waals surface area contributed by atoms with E-state index < -0.39 is 0 Å². The van der Waals surface area contributed by atoms with Gasteiger partial charge in [-0.1, -0.05) is 13.8 Å². The van der Waals surface area contributed by atoms with Crippen LogP contribution < -0.4 is 15.8 Å². The molecule has 3 N–H and O–H groups in total. The molecule has 112 valence electrons. The highest BCUT2D eigenvalue weighted by molar-refractivity contribution is 7.13. The van der Waals surface area contributed by atoms with Gasteiger partial charge >= 0.3 is 0 Å². The smallest absolute Gasteiger partial charge is 0.267 e. The topological polar surface area (TPSA) is 77.2 Å². The fourth-order valence-corrected chi connectivity index (χ4v) is 2.48. The van der Waals surface area contributed by atoms with Crippen molar-refractivity contribution >= 4 is 22.9 Å². The maximum Gasteiger partial charge on any atom is 0.267 e. The summed E-state index contributed by atoms with van der Waals surface area (Å²) in [6, 6.07) is 7.21. The average Bonchev–Trinajstić information content (AvgIpc) is 2.97. The van der Waals surface area contributed by atoms with Crippen LogP contribution in [0.25, 0.3) is 0 Å². The van der Waals surface area contributed by atoms with Crippen LogP contribution in [0.4, 0.5) is 5.69 Å². The van der Waals surface area contributed by atoms with Gasteiger partial charge in [-0.25, -0.2) is 4.98 Å². The number of nitrogens with one attached hydrogen (secondary N) is 1. The molecule has 0 aliphatic heterocycles. The van der Waals surface area contributed by atoms with Crippen molar-refractivity contribution in [1.29, 1.82) is 0 Å². The molecule has 0 fully saturated rings. The van der Waals surface area contributed by atoms with Gasteiger partial charge in [-0.05, 0) is 24.3 Å². The summed E-state index contributed by atoms with van der Waals surface area (Å²) in [4.78, 5) is 17.0. The van der Waals surface area contributed by atoms with Gasteiger partial charge in [-0.3, -0.25) is 4.79 Å². The molecule has 1 aromatic heterocycles. The van der Waals surface area contributed by atoms with Crippen molar-refractivity contribution in [2.24, 2.45) is 5.73 Å². The van der Waals surface area contributed by atoms with Crippen molar-refractivity contribution in [3.05, 3.63) is 40.3 Å². The van der Waals surface area contributed by atoms with Crippen molar-refractivity contribution in [3.63, 3.8) is 0 Å². The summed E-state index contributed by atoms with van der Waals surface area (Å²) >= 11 is 1.42. The Morgan fingerprint density at radius 1 is 1.38 bits per heavy atom. The number of hydrogen-bond acceptors (Lipinski definition) is 5. The highest BCUT2D eigenvalue weighted by Crippen LogP contribution is 2.22. The van der Waals surface area contributed by atoms with E-state index >= 15 is 0 Å². The Morgan fingerprint density at radius 2 is 2.10 bits per heavy atom. The number of amides is 1. The molecule has 6 heteroatoms. The number of anilines is 1. The van der Waals surface area contributed by atoms with Gasteiger partial charge < -0.3 is 15.8 Å². The van der Waals surface area contributed by atoms with E-state index in [-0.39, 0.29) is 5.91 Å². The largest absolute Gasteiger partial charge is 0.492 e. The lowest BCUT2D eigenvalue weighted by Crippen LogP contribution is -2.11. The average molecular weight is 305 g/mol. The number of thiazole rings is 1. The van der Waals surface area contributed by atoms with Gasteiger partial charge in [0.05, 0.1) is 11.2 Å². The quantitative estimate of drug-likeness (QED) is 0.860. The number of aromatic nitrogens is 1. The number of hydrogen-bond donors (Lipinski definition) is 2. The highest BCUT2D eigenvalue weighted by Gasteiger charge is 2.12. The Labute approximate surface area is 128 Å². The third-order valence-corrected chi connectivity index (χ3v) is 4.04. The van der Waals surface area contributed by atoms with Crippen LogP contribution in [0.3, 0.4) is 0 Å². The molecule has 0 aliphatic rings. The number of nitrogens with zero attached hydrogens (tertiary/aromatic N) is 1. The van der Waals surface area contributed by atoms with Crippen LogP contribution >= 0.6 is 11.3 Å². The molecule has 0 saturated carbocycles. The Kier molecular flexibility index (Phi) is 5.30. The summed E-state index contributed by atoms with van der Waals surface area (Å²) in [5.74, 6) is 0.920. The zero-order valence-corrected chi connectivity index (χ0v) is 12.9. The summed E-state index contributed by atoms with van der Waals surface area (Å²) in [5, 5.41) is 3.81. The fraction of sp³-hybridized carbons (Fsp3) is 0.333. The van der Waals surface area contributed by atoms with E-state index in [9.17, 15) is 4.79 Å². The standard InChI is InChI=1S/C15H19N3O2S/c1-10(2)15-17-9-13(21-15)14(19)18-11-3-5-12(6-4-11)20-8-7-16/h3-6,9-10H,7-8,16H2,1-2H3,(H,18,19). The molecule has 21 heavy (non-hydrogen) atoms. The summed E-state index contributed by atoms with van der Waals surface area (Å²) in [6.45, 7) is 5.06. The van der Waals surface area contributed by atoms with Crippen molar-refractivity contribution < 1.29 is 9.53 Å². The van der Waals surface area contributed by atoms with Gasteiger partial charge in [-0.15, -0.1) is 11.3 Å². The van der Waals surface area contributed by atoms with E-state index in [1.54, 1.807) is 30.5 Å². The number of carbonyl (C=O) groups is 1. The highest BCUT2D eigenvalue weighted by atomic mass is 32.1. The summed E-state index contributed by atoms with van der Waals surface area (Å²) < 4.78 is 5.38. The first-order chi connectivity index (χ1) is 10.1. The van der Waals surface area contributed by atoms with Crippen LogP contribution in [-0.2, 0) is 0 Å². The molecule has 1 heterocycles. The first-order valence-corrected chi connectivity index (χ1v) is 7.62. The monoisotopic (exact) mass is 305 g/mol. The molecular weight excluding hydrogens is 286 g/mol. The second-order valence-corrected chi connectivity index (χ2v) is 5.90. The zero-order chi connectivity index (χ0) is 15.2. The molecule has 0 spiro atoms. The molecule has 0 saturated heterocycles. The van der Waals surface area contributed by atoms with E-state index in [1.165, 1.54) is 11.3 Å². The molecule has 2 rings (SSSR count). The summed E-state index contributed by atoms with van der Waals surface area (Å²) in [5.41, 5.74) is 6.09. The molecule has 5 nitrogen and oxygen atoms in total. The van der Waals surface area contributed by atoms with Crippen LogP contribution in [0.2, 0.25) is 0 Å². The lowest BCUT2D eigenvalue weighted by Gasteiger charge is -2.06. The van der Waals surface area contributed by atoms with Gasteiger partial charge in [0.15, 0.2) is 0 Å². The Morgan fingerprint density at radius 3 is 2.67 bits per heavy atom. The van der Waals surface area contributed by atoms with Crippen LogP contribution in [0.5, 0.6) is 5.75 Å². The number of ether oxygens (including phenoxy) is 1. The molecule has 2 aromatic rings. The molecule has 0 atom stereocenters. The minimum atomic E-state index is -0.143. The lowest BCUT2D eigenvalue weighted by atomic mass is 10.2. The molecule has 0 unspecified atom stereocenters. The second kappa shape index (κ2) is 7.19. The first kappa shape index (κ1) is 15.5. The van der Waals surface area contributed by atoms with Crippen molar-refractivity contribution in [2.75, 3.05) is 18.5 Å². The molecule has 0 aliphatic carbocycles. The fourth-order valence-electron chi connectivity index (χ4n) is 1.66. The molecule has 1 amide bonds. The van der Waals surface area contributed by atoms with Crippen molar-refractivity contribution in [1.82, 2.24) is 4.98 Å². The summed E-state index contributed by atoms with van der Waals surface area (Å²) in [6.07, 6.45) is 1.62. The predicted molar refractivity (Wildman–Crippen MR) is 85.1 cm³/mol. The van der Waals surface area contributed by atoms with E-state index in [2.05, 4.69) is 24.1 Å². The van der Waals surface area contributed by atoms with Crippen molar-refractivity contribution in [3.8, 4) is 5.75 Å². The third-order valence-electron chi connectivity index (χ3n) is 2.74. The Hall–Kier alpha value is -1.92. The molecule has 0 bridgehead atoms. The van der Waals surface area contributed by atoms with Crippen LogP contribution in [0.1, 0.15) is 34.4 Å². The van der Waals surface area contributed by atoms with Crippen LogP contribution in [0, 0.1) is 0 Å². The Balaban J connectivity index is 1.98. The molecular formula is C15H19N3O2S. The maximum absolute atomic E-state index is 12.1.